The lowest BCUT2D eigenvalue weighted by Gasteiger charge is -2.08. The number of aryl methyl sites for hydroxylation is 1. The van der Waals surface area contributed by atoms with Crippen molar-refractivity contribution in [1.82, 2.24) is 0 Å². The monoisotopic (exact) mass is 353 g/mol. The van der Waals surface area contributed by atoms with Crippen LogP contribution < -0.4 is 4.74 Å². The summed E-state index contributed by atoms with van der Waals surface area (Å²) in [5.74, 6) is 0.460. The first-order valence-corrected chi connectivity index (χ1v) is 8.66. The second kappa shape index (κ2) is 8.64. The summed E-state index contributed by atoms with van der Waals surface area (Å²) in [6.07, 6.45) is 1.60. The Hall–Kier alpha value is -3.64. The zero-order valence-electron chi connectivity index (χ0n) is 15.1. The first-order chi connectivity index (χ1) is 13.2. The van der Waals surface area contributed by atoms with E-state index in [4.69, 9.17) is 4.74 Å². The molecule has 0 saturated heterocycles. The van der Waals surface area contributed by atoms with E-state index in [9.17, 15) is 10.1 Å². The molecule has 0 atom stereocenters. The molecule has 0 bridgehead atoms. The molecule has 0 aliphatic rings. The molecule has 0 fully saturated rings. The van der Waals surface area contributed by atoms with Crippen molar-refractivity contribution >= 4 is 11.9 Å². The third-order valence-electron chi connectivity index (χ3n) is 4.25. The zero-order chi connectivity index (χ0) is 19.1. The van der Waals surface area contributed by atoms with Crippen LogP contribution in [-0.2, 0) is 6.61 Å². The second-order valence-corrected chi connectivity index (χ2v) is 6.15. The predicted octanol–water partition coefficient (Wildman–Crippen LogP) is 5.36. The molecule has 0 radical (unpaired) electrons. The highest BCUT2D eigenvalue weighted by Crippen LogP contribution is 2.18. The first kappa shape index (κ1) is 18.2. The van der Waals surface area contributed by atoms with Crippen LogP contribution in [0.4, 0.5) is 0 Å². The van der Waals surface area contributed by atoms with Gasteiger partial charge in [-0.05, 0) is 41.8 Å². The molecule has 3 rings (SSSR count). The largest absolute Gasteiger partial charge is 0.489 e. The van der Waals surface area contributed by atoms with Gasteiger partial charge in [0.15, 0.2) is 0 Å². The van der Waals surface area contributed by atoms with Gasteiger partial charge in [0, 0.05) is 5.56 Å². The lowest BCUT2D eigenvalue weighted by atomic mass is 10.0. The van der Waals surface area contributed by atoms with Crippen LogP contribution in [-0.4, -0.2) is 5.78 Å². The molecule has 3 aromatic rings. The second-order valence-electron chi connectivity index (χ2n) is 6.15. The van der Waals surface area contributed by atoms with E-state index >= 15 is 0 Å². The Morgan fingerprint density at radius 2 is 1.63 bits per heavy atom. The Bertz CT molecular complexity index is 997. The summed E-state index contributed by atoms with van der Waals surface area (Å²) in [5.41, 5.74) is 3.72. The van der Waals surface area contributed by atoms with Gasteiger partial charge in [0.05, 0.1) is 0 Å². The molecule has 3 nitrogen and oxygen atoms in total. The van der Waals surface area contributed by atoms with Crippen molar-refractivity contribution in [2.75, 3.05) is 0 Å². The van der Waals surface area contributed by atoms with E-state index in [2.05, 4.69) is 13.0 Å². The maximum Gasteiger partial charge on any atom is 0.203 e. The van der Waals surface area contributed by atoms with Crippen LogP contribution >= 0.6 is 0 Å². The summed E-state index contributed by atoms with van der Waals surface area (Å²) in [7, 11) is 0. The Balaban J connectivity index is 1.71. The minimum atomic E-state index is -0.280. The summed E-state index contributed by atoms with van der Waals surface area (Å²) >= 11 is 0. The van der Waals surface area contributed by atoms with Crippen molar-refractivity contribution in [1.29, 1.82) is 5.26 Å². The molecule has 0 spiro atoms. The number of hydrogen-bond acceptors (Lipinski definition) is 3. The number of rotatable bonds is 6. The van der Waals surface area contributed by atoms with E-state index < -0.39 is 0 Å². The van der Waals surface area contributed by atoms with Crippen LogP contribution in [0.2, 0.25) is 0 Å². The molecule has 0 unspecified atom stereocenters. The fraction of sp³-hybridized carbons (Fsp3) is 0.0833. The number of hydrogen-bond donors (Lipinski definition) is 0. The third-order valence-corrected chi connectivity index (χ3v) is 4.25. The summed E-state index contributed by atoms with van der Waals surface area (Å²) in [6, 6.07) is 26.2. The molecule has 0 amide bonds. The minimum absolute atomic E-state index is 0.106. The van der Waals surface area contributed by atoms with Gasteiger partial charge in [-0.25, -0.2) is 0 Å². The molecule has 3 aromatic carbocycles. The summed E-state index contributed by atoms with van der Waals surface area (Å²) in [5, 5.41) is 9.35. The Kier molecular flexibility index (Phi) is 5.81. The van der Waals surface area contributed by atoms with Gasteiger partial charge in [0.25, 0.3) is 0 Å². The Morgan fingerprint density at radius 1 is 0.963 bits per heavy atom. The van der Waals surface area contributed by atoms with E-state index in [1.54, 1.807) is 30.3 Å². The van der Waals surface area contributed by atoms with Crippen molar-refractivity contribution in [3.8, 4) is 11.8 Å². The van der Waals surface area contributed by atoms with E-state index in [-0.39, 0.29) is 11.4 Å². The van der Waals surface area contributed by atoms with Crippen molar-refractivity contribution in [2.24, 2.45) is 0 Å². The zero-order valence-corrected chi connectivity index (χ0v) is 15.1. The molecule has 0 aliphatic carbocycles. The lowest BCUT2D eigenvalue weighted by Crippen LogP contribution is -2.01. The van der Waals surface area contributed by atoms with Crippen LogP contribution in [0.5, 0.6) is 5.75 Å². The third kappa shape index (κ3) is 4.71. The van der Waals surface area contributed by atoms with Crippen LogP contribution in [0.25, 0.3) is 6.08 Å². The Morgan fingerprint density at radius 3 is 2.30 bits per heavy atom. The molecule has 0 N–H and O–H groups in total. The SMILES string of the molecule is Cc1ccccc1COc1ccc(/C=C(\C#N)C(=O)c2ccccc2)cc1. The molecular formula is C24H19NO2. The molecule has 0 aromatic heterocycles. The van der Waals surface area contributed by atoms with Gasteiger partial charge < -0.3 is 4.74 Å². The number of allylic oxidation sites excluding steroid dienone is 1. The number of nitrogens with zero attached hydrogens (tertiary/aromatic N) is 1. The van der Waals surface area contributed by atoms with E-state index in [1.807, 2.05) is 54.6 Å². The highest BCUT2D eigenvalue weighted by molar-refractivity contribution is 6.14. The van der Waals surface area contributed by atoms with Gasteiger partial charge in [-0.15, -0.1) is 0 Å². The molecule has 3 heteroatoms. The molecular weight excluding hydrogens is 334 g/mol. The van der Waals surface area contributed by atoms with Gasteiger partial charge in [-0.1, -0.05) is 66.7 Å². The smallest absolute Gasteiger partial charge is 0.203 e. The van der Waals surface area contributed by atoms with Crippen LogP contribution in [0.3, 0.4) is 0 Å². The van der Waals surface area contributed by atoms with Crippen molar-refractivity contribution in [2.45, 2.75) is 13.5 Å². The van der Waals surface area contributed by atoms with Crippen LogP contribution in [0, 0.1) is 18.3 Å². The average Bonchev–Trinajstić information content (AvgIpc) is 2.72. The summed E-state index contributed by atoms with van der Waals surface area (Å²) < 4.78 is 5.82. The normalized spacial score (nSPS) is 10.9. The quantitative estimate of drug-likeness (QED) is 0.340. The fourth-order valence-electron chi connectivity index (χ4n) is 2.65. The summed E-state index contributed by atoms with van der Waals surface area (Å²) in [4.78, 5) is 12.4. The van der Waals surface area contributed by atoms with E-state index in [0.717, 1.165) is 16.9 Å². The van der Waals surface area contributed by atoms with Crippen molar-refractivity contribution in [3.63, 3.8) is 0 Å². The average molecular weight is 353 g/mol. The highest BCUT2D eigenvalue weighted by atomic mass is 16.5. The Labute approximate surface area is 159 Å². The van der Waals surface area contributed by atoms with Crippen molar-refractivity contribution < 1.29 is 9.53 Å². The number of ether oxygens (including phenoxy) is 1. The minimum Gasteiger partial charge on any atom is -0.489 e. The predicted molar refractivity (Wildman–Crippen MR) is 106 cm³/mol. The van der Waals surface area contributed by atoms with E-state index in [0.29, 0.717) is 12.2 Å². The van der Waals surface area contributed by atoms with Gasteiger partial charge in [0.1, 0.15) is 24.0 Å². The number of nitriles is 1. The van der Waals surface area contributed by atoms with Gasteiger partial charge in [-0.3, -0.25) is 4.79 Å². The number of carbonyl (C=O) groups is 1. The lowest BCUT2D eigenvalue weighted by molar-refractivity contribution is 0.104. The van der Waals surface area contributed by atoms with Gasteiger partial charge in [0.2, 0.25) is 5.78 Å². The maximum absolute atomic E-state index is 12.4. The maximum atomic E-state index is 12.4. The van der Waals surface area contributed by atoms with Crippen LogP contribution in [0.1, 0.15) is 27.0 Å². The topological polar surface area (TPSA) is 50.1 Å². The fourth-order valence-corrected chi connectivity index (χ4v) is 2.65. The highest BCUT2D eigenvalue weighted by Gasteiger charge is 2.11. The molecule has 0 heterocycles. The number of Topliss-reactive ketones (excluding diaryl/α,β-unsaturated/α-hetero) is 1. The number of ketones is 1. The molecule has 132 valence electrons. The number of benzene rings is 3. The van der Waals surface area contributed by atoms with Gasteiger partial charge in [-0.2, -0.15) is 5.26 Å². The summed E-state index contributed by atoms with van der Waals surface area (Å²) in [6.45, 7) is 2.55. The first-order valence-electron chi connectivity index (χ1n) is 8.66. The van der Waals surface area contributed by atoms with E-state index in [1.165, 1.54) is 5.56 Å². The molecule has 0 aliphatic heterocycles. The van der Waals surface area contributed by atoms with Gasteiger partial charge >= 0.3 is 0 Å². The van der Waals surface area contributed by atoms with Crippen LogP contribution in [0.15, 0.2) is 84.4 Å². The standard InChI is InChI=1S/C24H19NO2/c1-18-7-5-6-10-21(18)17-27-23-13-11-19(12-14-23)15-22(16-25)24(26)20-8-3-2-4-9-20/h2-15H,17H2,1H3/b22-15+. The number of carbonyl (C=O) groups excluding carboxylic acids is 1. The molecule has 27 heavy (non-hydrogen) atoms. The van der Waals surface area contributed by atoms with Crippen molar-refractivity contribution in [3.05, 3.63) is 107 Å². The molecule has 0 saturated carbocycles.